The number of carbonyl (C=O) groups is 1. The molecule has 150 valence electrons. The van der Waals surface area contributed by atoms with E-state index in [9.17, 15) is 20.1 Å². The number of carboxylic acids is 1. The van der Waals surface area contributed by atoms with Crippen LogP contribution in [0, 0.1) is 5.92 Å². The first-order valence-electron chi connectivity index (χ1n) is 9.62. The van der Waals surface area contributed by atoms with Gasteiger partial charge in [0.1, 0.15) is 0 Å². The molecule has 5 heteroatoms. The largest absolute Gasteiger partial charge is 0.481 e. The fraction of sp³-hybridized carbons (Fsp3) is 0.667. The van der Waals surface area contributed by atoms with Gasteiger partial charge in [-0.15, -0.1) is 6.58 Å². The second-order valence-electron chi connectivity index (χ2n) is 6.69. The van der Waals surface area contributed by atoms with Crippen LogP contribution in [0.4, 0.5) is 0 Å². The zero-order valence-corrected chi connectivity index (χ0v) is 16.0. The van der Waals surface area contributed by atoms with Crippen molar-refractivity contribution in [1.29, 1.82) is 0 Å². The molecule has 0 radical (unpaired) electrons. The van der Waals surface area contributed by atoms with Crippen molar-refractivity contribution < 1.29 is 25.2 Å². The minimum Gasteiger partial charge on any atom is -0.481 e. The molecule has 0 aromatic carbocycles. The smallest absolute Gasteiger partial charge is 0.303 e. The van der Waals surface area contributed by atoms with Crippen LogP contribution in [0.1, 0.15) is 64.7 Å². The summed E-state index contributed by atoms with van der Waals surface area (Å²) in [5.74, 6) is -1.21. The van der Waals surface area contributed by atoms with Crippen molar-refractivity contribution in [2.24, 2.45) is 5.92 Å². The summed E-state index contributed by atoms with van der Waals surface area (Å²) in [6, 6.07) is 0. The maximum Gasteiger partial charge on any atom is 0.303 e. The molecule has 0 aromatic heterocycles. The number of allylic oxidation sites excluding steroid dienone is 2. The first-order chi connectivity index (χ1) is 12.4. The number of hydrogen-bond donors (Lipinski definition) is 4. The summed E-state index contributed by atoms with van der Waals surface area (Å²) in [7, 11) is 0. The summed E-state index contributed by atoms with van der Waals surface area (Å²) in [5.41, 5.74) is 0. The van der Waals surface area contributed by atoms with Gasteiger partial charge in [-0.1, -0.05) is 56.6 Å². The van der Waals surface area contributed by atoms with Gasteiger partial charge in [0.25, 0.3) is 0 Å². The third kappa shape index (κ3) is 12.9. The molecule has 4 N–H and O–H groups in total. The topological polar surface area (TPSA) is 98.0 Å². The third-order valence-electron chi connectivity index (χ3n) is 4.31. The van der Waals surface area contributed by atoms with E-state index in [1.54, 1.807) is 18.2 Å². The van der Waals surface area contributed by atoms with Crippen molar-refractivity contribution >= 4 is 5.97 Å². The highest BCUT2D eigenvalue weighted by atomic mass is 16.4. The Morgan fingerprint density at radius 3 is 2.38 bits per heavy atom. The molecular weight excluding hydrogens is 332 g/mol. The lowest BCUT2D eigenvalue weighted by Gasteiger charge is -2.24. The summed E-state index contributed by atoms with van der Waals surface area (Å²) in [4.78, 5) is 10.5. The molecule has 0 aliphatic rings. The van der Waals surface area contributed by atoms with Gasteiger partial charge in [-0.05, 0) is 32.1 Å². The standard InChI is InChI=1S/C21H36O5/c1-3-5-8-12-17(22)15-16-20(24)18(19(23)11-4-2)13-9-6-7-10-14-21(25)26/h4,6,9,15-20,22-24H,2-3,5,7-8,10-14H2,1H3,(H,25,26)/b9-6-,16-15+/t17-,18-,19?,20?/m0/s1. The quantitative estimate of drug-likeness (QED) is 0.246. The summed E-state index contributed by atoms with van der Waals surface area (Å²) in [6.45, 7) is 5.73. The van der Waals surface area contributed by atoms with E-state index in [4.69, 9.17) is 5.11 Å². The van der Waals surface area contributed by atoms with E-state index in [-0.39, 0.29) is 6.42 Å². The van der Waals surface area contributed by atoms with E-state index in [0.29, 0.717) is 32.1 Å². The number of aliphatic hydroxyl groups excluding tert-OH is 3. The molecule has 0 spiro atoms. The molecular formula is C21H36O5. The molecule has 0 fully saturated rings. The van der Waals surface area contributed by atoms with E-state index in [1.165, 1.54) is 0 Å². The average Bonchev–Trinajstić information content (AvgIpc) is 2.59. The van der Waals surface area contributed by atoms with Gasteiger partial charge in [-0.25, -0.2) is 0 Å². The van der Waals surface area contributed by atoms with Gasteiger partial charge in [-0.3, -0.25) is 4.79 Å². The number of carboxylic acid groups (broad SMARTS) is 1. The maximum absolute atomic E-state index is 10.5. The summed E-state index contributed by atoms with van der Waals surface area (Å²) < 4.78 is 0. The van der Waals surface area contributed by atoms with Crippen molar-refractivity contribution in [2.45, 2.75) is 83.0 Å². The van der Waals surface area contributed by atoms with Gasteiger partial charge in [0.2, 0.25) is 0 Å². The lowest BCUT2D eigenvalue weighted by molar-refractivity contribution is -0.137. The van der Waals surface area contributed by atoms with Crippen LogP contribution >= 0.6 is 0 Å². The fourth-order valence-electron chi connectivity index (χ4n) is 2.70. The molecule has 4 atom stereocenters. The number of hydrogen-bond acceptors (Lipinski definition) is 4. The molecule has 5 nitrogen and oxygen atoms in total. The number of unbranched alkanes of at least 4 members (excludes halogenated alkanes) is 3. The molecule has 0 amide bonds. The lowest BCUT2D eigenvalue weighted by atomic mass is 9.89. The Bertz CT molecular complexity index is 430. The highest BCUT2D eigenvalue weighted by Crippen LogP contribution is 2.20. The maximum atomic E-state index is 10.5. The van der Waals surface area contributed by atoms with Gasteiger partial charge in [-0.2, -0.15) is 0 Å². The van der Waals surface area contributed by atoms with E-state index in [0.717, 1.165) is 19.3 Å². The van der Waals surface area contributed by atoms with E-state index in [1.807, 2.05) is 12.2 Å². The predicted octanol–water partition coefficient (Wildman–Crippen LogP) is 3.60. The van der Waals surface area contributed by atoms with Crippen LogP contribution in [0.25, 0.3) is 0 Å². The Balaban J connectivity index is 4.57. The highest BCUT2D eigenvalue weighted by molar-refractivity contribution is 5.66. The summed E-state index contributed by atoms with van der Waals surface area (Å²) in [6.07, 6.45) is 12.3. The SMILES string of the molecule is C=CCC(O)[C@H](C/C=C\CCCC(=O)O)C(O)/C=C/[C@@H](O)CCCCC. The number of aliphatic hydroxyl groups is 3. The van der Waals surface area contributed by atoms with Crippen LogP contribution in [0.3, 0.4) is 0 Å². The molecule has 0 aliphatic carbocycles. The normalized spacial score (nSPS) is 16.6. The lowest BCUT2D eigenvalue weighted by Crippen LogP contribution is -2.30. The minimum absolute atomic E-state index is 0.133. The van der Waals surface area contributed by atoms with Gasteiger partial charge in [0.15, 0.2) is 0 Å². The molecule has 2 unspecified atom stereocenters. The Kier molecular flexibility index (Phi) is 14.9. The first-order valence-corrected chi connectivity index (χ1v) is 9.62. The van der Waals surface area contributed by atoms with E-state index >= 15 is 0 Å². The van der Waals surface area contributed by atoms with Crippen molar-refractivity contribution in [3.05, 3.63) is 37.0 Å². The van der Waals surface area contributed by atoms with Gasteiger partial charge < -0.3 is 20.4 Å². The van der Waals surface area contributed by atoms with Gasteiger partial charge >= 0.3 is 5.97 Å². The Morgan fingerprint density at radius 1 is 1.04 bits per heavy atom. The fourth-order valence-corrected chi connectivity index (χ4v) is 2.70. The van der Waals surface area contributed by atoms with Crippen molar-refractivity contribution in [2.75, 3.05) is 0 Å². The van der Waals surface area contributed by atoms with Gasteiger partial charge in [0.05, 0.1) is 18.3 Å². The third-order valence-corrected chi connectivity index (χ3v) is 4.31. The Labute approximate surface area is 157 Å². The molecule has 0 saturated carbocycles. The summed E-state index contributed by atoms with van der Waals surface area (Å²) in [5, 5.41) is 39.2. The minimum atomic E-state index is -0.866. The Morgan fingerprint density at radius 2 is 1.77 bits per heavy atom. The van der Waals surface area contributed by atoms with Crippen LogP contribution < -0.4 is 0 Å². The molecule has 0 saturated heterocycles. The zero-order valence-electron chi connectivity index (χ0n) is 16.0. The van der Waals surface area contributed by atoms with Gasteiger partial charge in [0, 0.05) is 12.3 Å². The monoisotopic (exact) mass is 368 g/mol. The van der Waals surface area contributed by atoms with E-state index < -0.39 is 30.2 Å². The van der Waals surface area contributed by atoms with Crippen LogP contribution in [-0.2, 0) is 4.79 Å². The van der Waals surface area contributed by atoms with Crippen molar-refractivity contribution in [3.8, 4) is 0 Å². The second-order valence-corrected chi connectivity index (χ2v) is 6.69. The first kappa shape index (κ1) is 24.6. The van der Waals surface area contributed by atoms with Crippen molar-refractivity contribution in [3.63, 3.8) is 0 Å². The zero-order chi connectivity index (χ0) is 19.8. The summed E-state index contributed by atoms with van der Waals surface area (Å²) >= 11 is 0. The van der Waals surface area contributed by atoms with Crippen LogP contribution in [-0.4, -0.2) is 44.7 Å². The molecule has 0 heterocycles. The average molecular weight is 369 g/mol. The second kappa shape index (κ2) is 15.8. The molecule has 26 heavy (non-hydrogen) atoms. The molecule has 0 bridgehead atoms. The number of aliphatic carboxylic acids is 1. The van der Waals surface area contributed by atoms with Crippen molar-refractivity contribution in [1.82, 2.24) is 0 Å². The highest BCUT2D eigenvalue weighted by Gasteiger charge is 2.23. The molecule has 0 aliphatic heterocycles. The Hall–Kier alpha value is -1.43. The van der Waals surface area contributed by atoms with Crippen LogP contribution in [0.2, 0.25) is 0 Å². The van der Waals surface area contributed by atoms with Crippen LogP contribution in [0.15, 0.2) is 37.0 Å². The van der Waals surface area contributed by atoms with Crippen LogP contribution in [0.5, 0.6) is 0 Å². The molecule has 0 rings (SSSR count). The number of rotatable bonds is 16. The molecule has 0 aromatic rings. The van der Waals surface area contributed by atoms with E-state index in [2.05, 4.69) is 13.5 Å². The predicted molar refractivity (Wildman–Crippen MR) is 105 cm³/mol.